The van der Waals surface area contributed by atoms with Crippen LogP contribution in [0.15, 0.2) is 97.1 Å². The van der Waals surface area contributed by atoms with Gasteiger partial charge in [0, 0.05) is 23.0 Å². The molecule has 0 aliphatic heterocycles. The predicted molar refractivity (Wildman–Crippen MR) is 138 cm³/mol. The molecule has 1 N–H and O–H groups in total. The van der Waals surface area contributed by atoms with Gasteiger partial charge in [0.05, 0.1) is 5.69 Å². The largest absolute Gasteiger partial charge is 0.456 e. The zero-order chi connectivity index (χ0) is 23.6. The Morgan fingerprint density at radius 2 is 1.66 bits per heavy atom. The topological polar surface area (TPSA) is 55.0 Å². The summed E-state index contributed by atoms with van der Waals surface area (Å²) >= 11 is 0. The van der Waals surface area contributed by atoms with Crippen molar-refractivity contribution in [3.8, 4) is 11.3 Å². The molecule has 0 radical (unpaired) electrons. The second-order valence-corrected chi connectivity index (χ2v) is 9.18. The minimum absolute atomic E-state index is 0.232. The molecule has 1 saturated carbocycles. The number of nitrogens with one attached hydrogen (secondary N) is 1. The van der Waals surface area contributed by atoms with E-state index in [4.69, 9.17) is 4.74 Å². The van der Waals surface area contributed by atoms with Gasteiger partial charge in [-0.05, 0) is 59.2 Å². The first-order chi connectivity index (χ1) is 17.2. The molecule has 0 spiro atoms. The number of benzene rings is 3. The molecule has 4 nitrogen and oxygen atoms in total. The average molecular weight is 459 g/mol. The van der Waals surface area contributed by atoms with Gasteiger partial charge in [-0.3, -0.25) is 0 Å². The van der Waals surface area contributed by atoms with Crippen LogP contribution >= 0.6 is 0 Å². The Hall–Kier alpha value is -4.18. The van der Waals surface area contributed by atoms with Crippen molar-refractivity contribution in [2.45, 2.75) is 31.8 Å². The predicted octanol–water partition coefficient (Wildman–Crippen LogP) is 7.06. The summed E-state index contributed by atoms with van der Waals surface area (Å²) in [5.74, 6) is 0.290. The highest BCUT2D eigenvalue weighted by atomic mass is 16.5. The molecular weight excluding hydrogens is 432 g/mol. The zero-order valence-corrected chi connectivity index (χ0v) is 19.4. The molecule has 1 aliphatic carbocycles. The van der Waals surface area contributed by atoms with E-state index in [1.165, 1.54) is 29.4 Å². The smallest absolute Gasteiger partial charge is 0.357 e. The summed E-state index contributed by atoms with van der Waals surface area (Å²) in [6.45, 7) is 0.232. The van der Waals surface area contributed by atoms with Gasteiger partial charge in [-0.15, -0.1) is 0 Å². The summed E-state index contributed by atoms with van der Waals surface area (Å²) in [4.78, 5) is 21.0. The van der Waals surface area contributed by atoms with Crippen molar-refractivity contribution in [2.75, 3.05) is 0 Å². The maximum atomic E-state index is 12.7. The van der Waals surface area contributed by atoms with Gasteiger partial charge >= 0.3 is 5.97 Å². The summed E-state index contributed by atoms with van der Waals surface area (Å²) in [5, 5.41) is 1.20. The molecule has 35 heavy (non-hydrogen) atoms. The zero-order valence-electron chi connectivity index (χ0n) is 19.4. The van der Waals surface area contributed by atoms with E-state index in [9.17, 15) is 4.79 Å². The molecule has 0 bridgehead atoms. The quantitative estimate of drug-likeness (QED) is 0.266. The first-order valence-corrected chi connectivity index (χ1v) is 12.1. The molecule has 6 rings (SSSR count). The summed E-state index contributed by atoms with van der Waals surface area (Å²) in [7, 11) is 0. The normalized spacial score (nSPS) is 13.1. The molecule has 4 heteroatoms. The highest BCUT2D eigenvalue weighted by Crippen LogP contribution is 2.42. The van der Waals surface area contributed by atoms with Crippen LogP contribution in [-0.4, -0.2) is 15.9 Å². The van der Waals surface area contributed by atoms with Crippen molar-refractivity contribution >= 4 is 16.9 Å². The van der Waals surface area contributed by atoms with Crippen molar-refractivity contribution in [3.63, 3.8) is 0 Å². The molecule has 0 unspecified atom stereocenters. The number of pyridine rings is 1. The lowest BCUT2D eigenvalue weighted by molar-refractivity contribution is 0.0465. The van der Waals surface area contributed by atoms with Crippen molar-refractivity contribution in [3.05, 3.63) is 125 Å². The van der Waals surface area contributed by atoms with Crippen molar-refractivity contribution in [2.24, 2.45) is 0 Å². The van der Waals surface area contributed by atoms with Crippen LogP contribution in [0.4, 0.5) is 0 Å². The highest BCUT2D eigenvalue weighted by Gasteiger charge is 2.24. The Morgan fingerprint density at radius 3 is 2.43 bits per heavy atom. The van der Waals surface area contributed by atoms with Crippen LogP contribution in [-0.2, 0) is 17.8 Å². The molecule has 0 saturated heterocycles. The summed E-state index contributed by atoms with van der Waals surface area (Å²) < 4.78 is 5.50. The molecule has 0 atom stereocenters. The third kappa shape index (κ3) is 4.60. The van der Waals surface area contributed by atoms with E-state index in [1.807, 2.05) is 48.5 Å². The number of carbonyl (C=O) groups is 1. The standard InChI is InChI=1S/C31H26N2O2/c34-31(35-20-21-8-3-1-4-9-21)28-13-7-12-25(32-28)19-27-26-17-16-24(22-14-15-22)18-29(26)33-30(27)23-10-5-2-6-11-23/h1-13,16-18,22,33H,14-15,19-20H2. The van der Waals surface area contributed by atoms with Crippen LogP contribution in [0, 0.1) is 0 Å². The Bertz CT molecular complexity index is 1490. The molecule has 1 fully saturated rings. The van der Waals surface area contributed by atoms with Gasteiger partial charge in [0.25, 0.3) is 0 Å². The minimum atomic E-state index is -0.410. The molecule has 3 aromatic carbocycles. The van der Waals surface area contributed by atoms with Gasteiger partial charge < -0.3 is 9.72 Å². The SMILES string of the molecule is O=C(OCc1ccccc1)c1cccc(Cc2c(-c3ccccc3)[nH]c3cc(C4CC4)ccc23)n1. The second kappa shape index (κ2) is 9.22. The van der Waals surface area contributed by atoms with Crippen LogP contribution < -0.4 is 0 Å². The Morgan fingerprint density at radius 1 is 0.886 bits per heavy atom. The highest BCUT2D eigenvalue weighted by molar-refractivity contribution is 5.92. The van der Waals surface area contributed by atoms with Gasteiger partial charge in [0.2, 0.25) is 0 Å². The maximum absolute atomic E-state index is 12.7. The van der Waals surface area contributed by atoms with Crippen LogP contribution in [0.25, 0.3) is 22.2 Å². The van der Waals surface area contributed by atoms with Crippen LogP contribution in [0.3, 0.4) is 0 Å². The number of esters is 1. The van der Waals surface area contributed by atoms with Crippen molar-refractivity contribution in [1.82, 2.24) is 9.97 Å². The van der Waals surface area contributed by atoms with E-state index >= 15 is 0 Å². The number of fused-ring (bicyclic) bond motifs is 1. The summed E-state index contributed by atoms with van der Waals surface area (Å²) in [6, 6.07) is 32.4. The lowest BCUT2D eigenvalue weighted by Crippen LogP contribution is -2.09. The van der Waals surface area contributed by atoms with Crippen LogP contribution in [0.1, 0.15) is 51.6 Å². The first kappa shape index (κ1) is 21.4. The molecule has 2 aromatic heterocycles. The fourth-order valence-electron chi connectivity index (χ4n) is 4.65. The van der Waals surface area contributed by atoms with Gasteiger partial charge in [0.15, 0.2) is 0 Å². The molecule has 2 heterocycles. The van der Waals surface area contributed by atoms with Gasteiger partial charge in [0.1, 0.15) is 12.3 Å². The molecule has 0 amide bonds. The molecule has 172 valence electrons. The summed E-state index contributed by atoms with van der Waals surface area (Å²) in [5.41, 5.74) is 8.12. The van der Waals surface area contributed by atoms with Gasteiger partial charge in [-0.2, -0.15) is 0 Å². The second-order valence-electron chi connectivity index (χ2n) is 9.18. The number of nitrogens with zero attached hydrogens (tertiary/aromatic N) is 1. The Kier molecular flexibility index (Phi) is 5.63. The van der Waals surface area contributed by atoms with Gasteiger partial charge in [-0.25, -0.2) is 9.78 Å². The number of aromatic amines is 1. The van der Waals surface area contributed by atoms with Crippen LogP contribution in [0.5, 0.6) is 0 Å². The molecule has 1 aliphatic rings. The van der Waals surface area contributed by atoms with E-state index in [-0.39, 0.29) is 6.61 Å². The first-order valence-electron chi connectivity index (χ1n) is 12.1. The molecular formula is C31H26N2O2. The maximum Gasteiger partial charge on any atom is 0.357 e. The average Bonchev–Trinajstić information content (AvgIpc) is 3.71. The number of ether oxygens (including phenoxy) is 1. The van der Waals surface area contributed by atoms with Crippen molar-refractivity contribution < 1.29 is 9.53 Å². The van der Waals surface area contributed by atoms with Crippen molar-refractivity contribution in [1.29, 1.82) is 0 Å². The molecule has 5 aromatic rings. The Labute approximate surface area is 204 Å². The minimum Gasteiger partial charge on any atom is -0.456 e. The number of hydrogen-bond acceptors (Lipinski definition) is 3. The monoisotopic (exact) mass is 458 g/mol. The third-order valence-corrected chi connectivity index (χ3v) is 6.63. The third-order valence-electron chi connectivity index (χ3n) is 6.63. The summed E-state index contributed by atoms with van der Waals surface area (Å²) in [6.07, 6.45) is 3.18. The number of rotatable bonds is 7. The number of carbonyl (C=O) groups excluding carboxylic acids is 1. The Balaban J connectivity index is 1.31. The van der Waals surface area contributed by atoms with E-state index < -0.39 is 5.97 Å². The van der Waals surface area contributed by atoms with Crippen LogP contribution in [0.2, 0.25) is 0 Å². The van der Waals surface area contributed by atoms with E-state index in [0.29, 0.717) is 18.0 Å². The van der Waals surface area contributed by atoms with E-state index in [1.54, 1.807) is 6.07 Å². The lowest BCUT2D eigenvalue weighted by Gasteiger charge is -2.08. The fourth-order valence-corrected chi connectivity index (χ4v) is 4.65. The number of hydrogen-bond donors (Lipinski definition) is 1. The van der Waals surface area contributed by atoms with Gasteiger partial charge in [-0.1, -0.05) is 78.9 Å². The fraction of sp³-hybridized carbons (Fsp3) is 0.161. The van der Waals surface area contributed by atoms with E-state index in [2.05, 4.69) is 52.4 Å². The lowest BCUT2D eigenvalue weighted by atomic mass is 9.99. The number of aromatic nitrogens is 2. The van der Waals surface area contributed by atoms with E-state index in [0.717, 1.165) is 28.0 Å². The number of H-pyrrole nitrogens is 1.